The lowest BCUT2D eigenvalue weighted by Gasteiger charge is -2.17. The van der Waals surface area contributed by atoms with Gasteiger partial charge in [-0.1, -0.05) is 54.6 Å². The largest absolute Gasteiger partial charge is 0.385 e. The molecule has 106 valence electrons. The first kappa shape index (κ1) is 13.7. The van der Waals surface area contributed by atoms with E-state index in [0.717, 1.165) is 19.4 Å². The first-order valence-corrected chi connectivity index (χ1v) is 7.68. The Bertz CT molecular complexity index is 665. The van der Waals surface area contributed by atoms with Crippen LogP contribution < -0.4 is 5.32 Å². The molecule has 0 fully saturated rings. The van der Waals surface area contributed by atoms with Gasteiger partial charge in [0.25, 0.3) is 0 Å². The second-order valence-corrected chi connectivity index (χ2v) is 5.32. The van der Waals surface area contributed by atoms with Crippen LogP contribution in [0.2, 0.25) is 0 Å². The van der Waals surface area contributed by atoms with Gasteiger partial charge in [0.1, 0.15) is 0 Å². The van der Waals surface area contributed by atoms with E-state index in [-0.39, 0.29) is 0 Å². The average Bonchev–Trinajstić information content (AvgIpc) is 2.57. The fourth-order valence-electron chi connectivity index (χ4n) is 2.79. The van der Waals surface area contributed by atoms with Gasteiger partial charge in [0, 0.05) is 17.8 Å². The number of anilines is 1. The molecule has 1 aliphatic carbocycles. The highest BCUT2D eigenvalue weighted by Gasteiger charge is 2.10. The van der Waals surface area contributed by atoms with Gasteiger partial charge >= 0.3 is 0 Å². The van der Waals surface area contributed by atoms with Crippen LogP contribution in [0.5, 0.6) is 0 Å². The molecular weight excluding hydrogens is 254 g/mol. The van der Waals surface area contributed by atoms with E-state index < -0.39 is 0 Å². The minimum absolute atomic E-state index is 0.945. The molecule has 1 aliphatic rings. The van der Waals surface area contributed by atoms with Gasteiger partial charge in [-0.15, -0.1) is 0 Å². The van der Waals surface area contributed by atoms with Crippen molar-refractivity contribution in [3.05, 3.63) is 72.3 Å². The number of hydrogen-bond donors (Lipinski definition) is 1. The van der Waals surface area contributed by atoms with E-state index in [4.69, 9.17) is 0 Å². The first-order chi connectivity index (χ1) is 10.4. The average molecular weight is 275 g/mol. The molecule has 2 aromatic carbocycles. The van der Waals surface area contributed by atoms with Crippen molar-refractivity contribution in [2.75, 3.05) is 11.9 Å². The fraction of sp³-hybridized carbons (Fsp3) is 0.200. The van der Waals surface area contributed by atoms with Gasteiger partial charge in [-0.3, -0.25) is 0 Å². The topological polar surface area (TPSA) is 12.0 Å². The lowest BCUT2D eigenvalue weighted by Crippen LogP contribution is -2.01. The third-order valence-electron chi connectivity index (χ3n) is 3.85. The molecule has 1 heteroatoms. The van der Waals surface area contributed by atoms with Crippen LogP contribution in [0.4, 0.5) is 5.69 Å². The second kappa shape index (κ2) is 6.45. The molecule has 0 atom stereocenters. The van der Waals surface area contributed by atoms with E-state index in [1.165, 1.54) is 28.0 Å². The summed E-state index contributed by atoms with van der Waals surface area (Å²) < 4.78 is 0. The highest BCUT2D eigenvalue weighted by molar-refractivity contribution is 5.82. The first-order valence-electron chi connectivity index (χ1n) is 7.68. The van der Waals surface area contributed by atoms with Crippen molar-refractivity contribution in [2.24, 2.45) is 0 Å². The predicted molar refractivity (Wildman–Crippen MR) is 92.4 cm³/mol. The molecule has 0 saturated carbocycles. The molecule has 0 unspecified atom stereocenters. The lowest BCUT2D eigenvalue weighted by atomic mass is 9.93. The maximum atomic E-state index is 3.49. The van der Waals surface area contributed by atoms with Crippen LogP contribution in [0.15, 0.2) is 66.8 Å². The molecule has 0 heterocycles. The summed E-state index contributed by atoms with van der Waals surface area (Å²) in [7, 11) is 0. The summed E-state index contributed by atoms with van der Waals surface area (Å²) in [6.07, 6.45) is 8.90. The Morgan fingerprint density at radius 2 is 1.86 bits per heavy atom. The molecule has 21 heavy (non-hydrogen) atoms. The third-order valence-corrected chi connectivity index (χ3v) is 3.85. The van der Waals surface area contributed by atoms with Gasteiger partial charge in [-0.2, -0.15) is 0 Å². The van der Waals surface area contributed by atoms with E-state index in [1.54, 1.807) is 0 Å². The summed E-state index contributed by atoms with van der Waals surface area (Å²) >= 11 is 0. The highest BCUT2D eigenvalue weighted by Crippen LogP contribution is 2.33. The van der Waals surface area contributed by atoms with Crippen molar-refractivity contribution in [3.8, 4) is 11.1 Å². The minimum atomic E-state index is 0.945. The summed E-state index contributed by atoms with van der Waals surface area (Å²) in [6, 6.07) is 17.3. The van der Waals surface area contributed by atoms with Crippen LogP contribution in [-0.2, 0) is 0 Å². The molecule has 1 nitrogen and oxygen atoms in total. The van der Waals surface area contributed by atoms with Crippen molar-refractivity contribution < 1.29 is 0 Å². The molecular formula is C20H21N. The van der Waals surface area contributed by atoms with Crippen molar-refractivity contribution in [1.29, 1.82) is 0 Å². The number of nitrogens with one attached hydrogen (secondary N) is 1. The summed E-state index contributed by atoms with van der Waals surface area (Å²) in [5.41, 5.74) is 6.55. The van der Waals surface area contributed by atoms with Crippen LogP contribution in [0.1, 0.15) is 25.3 Å². The summed E-state index contributed by atoms with van der Waals surface area (Å²) in [4.78, 5) is 0. The van der Waals surface area contributed by atoms with Crippen LogP contribution in [-0.4, -0.2) is 6.54 Å². The SMILES string of the molecule is CCNc1ccc(-c2ccccc2)cc1C1=CC=CCC1. The minimum Gasteiger partial charge on any atom is -0.385 e. The Kier molecular flexibility index (Phi) is 4.20. The Labute approximate surface area is 127 Å². The number of rotatable bonds is 4. The van der Waals surface area contributed by atoms with Crippen molar-refractivity contribution in [1.82, 2.24) is 0 Å². The zero-order valence-corrected chi connectivity index (χ0v) is 12.5. The predicted octanol–water partition coefficient (Wildman–Crippen LogP) is 5.52. The monoisotopic (exact) mass is 275 g/mol. The molecule has 0 bridgehead atoms. The Hall–Kier alpha value is -2.28. The van der Waals surface area contributed by atoms with E-state index in [2.05, 4.69) is 79.0 Å². The van der Waals surface area contributed by atoms with Gasteiger partial charge in [-0.25, -0.2) is 0 Å². The molecule has 3 rings (SSSR count). The molecule has 2 aromatic rings. The maximum absolute atomic E-state index is 3.49. The van der Waals surface area contributed by atoms with E-state index in [0.29, 0.717) is 0 Å². The van der Waals surface area contributed by atoms with Crippen molar-refractivity contribution in [2.45, 2.75) is 19.8 Å². The second-order valence-electron chi connectivity index (χ2n) is 5.32. The quantitative estimate of drug-likeness (QED) is 0.774. The summed E-state index contributed by atoms with van der Waals surface area (Å²) in [5.74, 6) is 0. The van der Waals surface area contributed by atoms with Gasteiger partial charge in [-0.05, 0) is 48.6 Å². The van der Waals surface area contributed by atoms with Gasteiger partial charge in [0.05, 0.1) is 0 Å². The van der Waals surface area contributed by atoms with Crippen molar-refractivity contribution in [3.63, 3.8) is 0 Å². The van der Waals surface area contributed by atoms with Crippen LogP contribution in [0, 0.1) is 0 Å². The zero-order chi connectivity index (χ0) is 14.5. The van der Waals surface area contributed by atoms with Crippen LogP contribution in [0.3, 0.4) is 0 Å². The Morgan fingerprint density at radius 3 is 2.57 bits per heavy atom. The number of allylic oxidation sites excluding steroid dienone is 4. The Morgan fingerprint density at radius 1 is 1.00 bits per heavy atom. The highest BCUT2D eigenvalue weighted by atomic mass is 14.9. The lowest BCUT2D eigenvalue weighted by molar-refractivity contribution is 1.05. The molecule has 0 radical (unpaired) electrons. The third kappa shape index (κ3) is 3.08. The van der Waals surface area contributed by atoms with Gasteiger partial charge in [0.15, 0.2) is 0 Å². The van der Waals surface area contributed by atoms with Crippen molar-refractivity contribution >= 4 is 11.3 Å². The molecule has 0 amide bonds. The van der Waals surface area contributed by atoms with E-state index in [9.17, 15) is 0 Å². The molecule has 1 N–H and O–H groups in total. The van der Waals surface area contributed by atoms with E-state index in [1.807, 2.05) is 0 Å². The normalized spacial score (nSPS) is 13.9. The molecule has 0 aliphatic heterocycles. The molecule has 0 spiro atoms. The van der Waals surface area contributed by atoms with Gasteiger partial charge < -0.3 is 5.32 Å². The number of hydrogen-bond acceptors (Lipinski definition) is 1. The summed E-state index contributed by atoms with van der Waals surface area (Å²) in [6.45, 7) is 3.09. The van der Waals surface area contributed by atoms with Crippen LogP contribution in [0.25, 0.3) is 16.7 Å². The smallest absolute Gasteiger partial charge is 0.0416 e. The zero-order valence-electron chi connectivity index (χ0n) is 12.5. The summed E-state index contributed by atoms with van der Waals surface area (Å²) in [5, 5.41) is 3.49. The number of benzene rings is 2. The molecule has 0 aromatic heterocycles. The maximum Gasteiger partial charge on any atom is 0.0416 e. The van der Waals surface area contributed by atoms with E-state index >= 15 is 0 Å². The Balaban J connectivity index is 2.06. The molecule has 0 saturated heterocycles. The van der Waals surface area contributed by atoms with Crippen LogP contribution >= 0.6 is 0 Å². The van der Waals surface area contributed by atoms with Gasteiger partial charge in [0.2, 0.25) is 0 Å². The fourth-order valence-corrected chi connectivity index (χ4v) is 2.79. The standard InChI is InChI=1S/C20H21N/c1-2-21-20-14-13-18(16-9-5-3-6-10-16)15-19(20)17-11-7-4-8-12-17/h3-7,9-11,13-15,21H,2,8,12H2,1H3.